The molecule has 0 radical (unpaired) electrons. The summed E-state index contributed by atoms with van der Waals surface area (Å²) >= 11 is 14.0. The molecule has 3 heterocycles. The average molecular weight is 502 g/mol. The van der Waals surface area contributed by atoms with E-state index in [9.17, 15) is 0 Å². The van der Waals surface area contributed by atoms with E-state index in [0.29, 0.717) is 0 Å². The van der Waals surface area contributed by atoms with E-state index in [4.69, 9.17) is 28.2 Å². The first-order valence-electron chi connectivity index (χ1n) is 11.1. The molecule has 3 aromatic carbocycles. The lowest BCUT2D eigenvalue weighted by Crippen LogP contribution is -2.40. The number of fused-ring (bicyclic) bond motifs is 1. The van der Waals surface area contributed by atoms with E-state index >= 15 is 0 Å². The predicted octanol–water partition coefficient (Wildman–Crippen LogP) is 7.39. The van der Waals surface area contributed by atoms with Crippen LogP contribution in [0.1, 0.15) is 22.7 Å². The molecule has 0 saturated heterocycles. The zero-order valence-electron chi connectivity index (χ0n) is 18.2. The molecule has 1 N–H and O–H groups in total. The van der Waals surface area contributed by atoms with Crippen LogP contribution >= 0.6 is 35.0 Å². The minimum absolute atomic E-state index is 0.0302. The molecule has 3 aromatic rings. The number of amidine groups is 1. The van der Waals surface area contributed by atoms with Crippen LogP contribution in [0.15, 0.2) is 106 Å². The van der Waals surface area contributed by atoms with Gasteiger partial charge in [0.2, 0.25) is 0 Å². The molecule has 0 aliphatic carbocycles. The van der Waals surface area contributed by atoms with Crippen molar-refractivity contribution >= 4 is 51.9 Å². The van der Waals surface area contributed by atoms with Gasteiger partial charge in [-0.25, -0.2) is 4.99 Å². The van der Waals surface area contributed by atoms with Crippen molar-refractivity contribution in [3.8, 4) is 0 Å². The molecule has 0 aromatic heterocycles. The molecule has 0 saturated carbocycles. The second kappa shape index (κ2) is 9.12. The number of halogens is 2. The highest BCUT2D eigenvalue weighted by Crippen LogP contribution is 2.48. The quantitative estimate of drug-likeness (QED) is 0.405. The van der Waals surface area contributed by atoms with Gasteiger partial charge in [0.25, 0.3) is 0 Å². The number of nitrogens with zero attached hydrogens (tertiary/aromatic N) is 2. The lowest BCUT2D eigenvalue weighted by molar-refractivity contribution is 0.462. The molecule has 0 bridgehead atoms. The Hall–Kier alpha value is -2.76. The van der Waals surface area contributed by atoms with E-state index in [1.165, 1.54) is 28.0 Å². The van der Waals surface area contributed by atoms with Gasteiger partial charge >= 0.3 is 0 Å². The molecule has 1 unspecified atom stereocenters. The fraction of sp³-hybridized carbons (Fsp3) is 0.107. The summed E-state index contributed by atoms with van der Waals surface area (Å²) in [6, 6.07) is 26.7. The van der Waals surface area contributed by atoms with Crippen LogP contribution in [-0.4, -0.2) is 23.2 Å². The van der Waals surface area contributed by atoms with Crippen LogP contribution < -0.4 is 5.32 Å². The van der Waals surface area contributed by atoms with Crippen molar-refractivity contribution in [2.45, 2.75) is 6.04 Å². The highest BCUT2D eigenvalue weighted by atomic mass is 35.5. The molecule has 6 rings (SSSR count). The van der Waals surface area contributed by atoms with Crippen LogP contribution in [0.4, 0.5) is 0 Å². The number of nitrogens with one attached hydrogen (secondary N) is 1. The largest absolute Gasteiger partial charge is 0.309 e. The molecule has 3 aliphatic rings. The molecule has 1 atom stereocenters. The number of hydrogen-bond acceptors (Lipinski definition) is 4. The first kappa shape index (κ1) is 21.8. The molecular weight excluding hydrogens is 481 g/mol. The van der Waals surface area contributed by atoms with E-state index in [0.717, 1.165) is 39.6 Å². The number of hydrogen-bond donors (Lipinski definition) is 1. The first-order chi connectivity index (χ1) is 16.7. The van der Waals surface area contributed by atoms with Gasteiger partial charge in [-0.1, -0.05) is 89.6 Å². The lowest BCUT2D eigenvalue weighted by Gasteiger charge is -2.40. The van der Waals surface area contributed by atoms with Gasteiger partial charge in [0.15, 0.2) is 5.17 Å². The van der Waals surface area contributed by atoms with Crippen molar-refractivity contribution in [1.29, 1.82) is 0 Å². The van der Waals surface area contributed by atoms with Gasteiger partial charge in [-0.05, 0) is 58.2 Å². The fourth-order valence-corrected chi connectivity index (χ4v) is 5.85. The minimum Gasteiger partial charge on any atom is -0.309 e. The summed E-state index contributed by atoms with van der Waals surface area (Å²) in [4.78, 5) is 7.57. The molecule has 6 heteroatoms. The lowest BCUT2D eigenvalue weighted by atomic mass is 9.88. The van der Waals surface area contributed by atoms with Crippen molar-refractivity contribution in [3.63, 3.8) is 0 Å². The predicted molar refractivity (Wildman–Crippen MR) is 145 cm³/mol. The summed E-state index contributed by atoms with van der Waals surface area (Å²) < 4.78 is 0. The average Bonchev–Trinajstić information content (AvgIpc) is 3.29. The van der Waals surface area contributed by atoms with Gasteiger partial charge in [0.1, 0.15) is 0 Å². The number of rotatable bonds is 3. The summed E-state index contributed by atoms with van der Waals surface area (Å²) in [5.41, 5.74) is 8.19. The van der Waals surface area contributed by atoms with E-state index in [2.05, 4.69) is 58.1 Å². The molecule has 0 fully saturated rings. The zero-order valence-corrected chi connectivity index (χ0v) is 20.5. The molecule has 3 aliphatic heterocycles. The van der Waals surface area contributed by atoms with Crippen LogP contribution in [-0.2, 0) is 0 Å². The Morgan fingerprint density at radius 2 is 1.59 bits per heavy atom. The zero-order chi connectivity index (χ0) is 23.1. The van der Waals surface area contributed by atoms with Gasteiger partial charge in [0.05, 0.1) is 17.4 Å². The molecular formula is C28H21Cl2N3S. The summed E-state index contributed by atoms with van der Waals surface area (Å²) in [5, 5.41) is 8.30. The number of benzene rings is 3. The van der Waals surface area contributed by atoms with Gasteiger partial charge in [-0.15, -0.1) is 0 Å². The van der Waals surface area contributed by atoms with Crippen molar-refractivity contribution in [3.05, 3.63) is 128 Å². The van der Waals surface area contributed by atoms with E-state index in [-0.39, 0.29) is 6.04 Å². The van der Waals surface area contributed by atoms with Crippen molar-refractivity contribution in [1.82, 2.24) is 10.2 Å². The van der Waals surface area contributed by atoms with Crippen LogP contribution in [0.25, 0.3) is 11.8 Å². The summed E-state index contributed by atoms with van der Waals surface area (Å²) in [6.45, 7) is 1.55. The molecule has 34 heavy (non-hydrogen) atoms. The van der Waals surface area contributed by atoms with Crippen molar-refractivity contribution in [2.24, 2.45) is 4.99 Å². The normalized spacial score (nSPS) is 20.7. The number of aliphatic imine (C=N–C) groups is 1. The Bertz CT molecular complexity index is 1360. The maximum Gasteiger partial charge on any atom is 0.174 e. The highest BCUT2D eigenvalue weighted by Gasteiger charge is 2.40. The topological polar surface area (TPSA) is 27.6 Å². The SMILES string of the molecule is Clc1ccc(/C=C2/CNCC3=C2N=C2SC=C(c4ccccc4)N2C3c2ccc(Cl)cc2)cc1. The maximum absolute atomic E-state index is 6.25. The van der Waals surface area contributed by atoms with Crippen LogP contribution in [0.3, 0.4) is 0 Å². The second-order valence-electron chi connectivity index (χ2n) is 8.40. The third kappa shape index (κ3) is 4.01. The second-order valence-corrected chi connectivity index (χ2v) is 10.1. The van der Waals surface area contributed by atoms with Crippen LogP contribution in [0, 0.1) is 0 Å². The standard InChI is InChI=1S/C28H21Cl2N3S/c29-22-10-6-18(7-11-22)14-21-15-31-16-24-26(21)32-28-33(27(24)20-8-12-23(30)13-9-20)25(17-34-28)19-4-2-1-3-5-19/h1-14,17,27,31H,15-16H2/b21-14-. The minimum atomic E-state index is 0.0302. The van der Waals surface area contributed by atoms with Crippen molar-refractivity contribution in [2.75, 3.05) is 13.1 Å². The van der Waals surface area contributed by atoms with Crippen LogP contribution in [0.2, 0.25) is 10.0 Å². The van der Waals surface area contributed by atoms with E-state index < -0.39 is 0 Å². The third-order valence-corrected chi connectivity index (χ3v) is 7.59. The summed E-state index contributed by atoms with van der Waals surface area (Å²) in [7, 11) is 0. The molecule has 168 valence electrons. The Labute approximate surface area is 213 Å². The monoisotopic (exact) mass is 501 g/mol. The van der Waals surface area contributed by atoms with Gasteiger partial charge in [-0.2, -0.15) is 0 Å². The Morgan fingerprint density at radius 1 is 0.882 bits per heavy atom. The fourth-order valence-electron chi connectivity index (χ4n) is 4.67. The molecule has 0 spiro atoms. The van der Waals surface area contributed by atoms with Crippen LogP contribution in [0.5, 0.6) is 0 Å². The van der Waals surface area contributed by atoms with Gasteiger partial charge < -0.3 is 10.2 Å². The summed E-state index contributed by atoms with van der Waals surface area (Å²) in [5.74, 6) is 0. The van der Waals surface area contributed by atoms with E-state index in [1.54, 1.807) is 11.8 Å². The van der Waals surface area contributed by atoms with Gasteiger partial charge in [0, 0.05) is 28.5 Å². The van der Waals surface area contributed by atoms with E-state index in [1.807, 2.05) is 42.5 Å². The Balaban J connectivity index is 1.49. The van der Waals surface area contributed by atoms with Crippen molar-refractivity contribution < 1.29 is 0 Å². The maximum atomic E-state index is 6.25. The highest BCUT2D eigenvalue weighted by molar-refractivity contribution is 8.16. The smallest absolute Gasteiger partial charge is 0.174 e. The third-order valence-electron chi connectivity index (χ3n) is 6.24. The Kier molecular flexibility index (Phi) is 5.84. The number of thioether (sulfide) groups is 1. The summed E-state index contributed by atoms with van der Waals surface area (Å²) in [6.07, 6.45) is 2.21. The molecule has 0 amide bonds. The first-order valence-corrected chi connectivity index (χ1v) is 12.8. The van der Waals surface area contributed by atoms with Gasteiger partial charge in [-0.3, -0.25) is 0 Å². The molecule has 3 nitrogen and oxygen atoms in total. The Morgan fingerprint density at radius 3 is 2.32 bits per heavy atom.